The second-order valence-electron chi connectivity index (χ2n) is 2.86. The number of methoxy groups -OCH3 is 1. The van der Waals surface area contributed by atoms with E-state index in [-0.39, 0.29) is 12.4 Å². The number of esters is 1. The number of hydrogen-bond donors (Lipinski definition) is 1. The Morgan fingerprint density at radius 3 is 2.86 bits per heavy atom. The Morgan fingerprint density at radius 2 is 2.29 bits per heavy atom. The van der Waals surface area contributed by atoms with Gasteiger partial charge < -0.3 is 10.1 Å². The average molecular weight is 197 g/mol. The molecule has 0 unspecified atom stereocenters. The standard InChI is InChI=1S/C10H12FNO2/c1-7-4-3-5-8(11)10(7)12-6-9(13)14-2/h3-5,12H,6H2,1-2H3. The van der Waals surface area contributed by atoms with Crippen LogP contribution in [-0.4, -0.2) is 19.6 Å². The van der Waals surface area contributed by atoms with Crippen LogP contribution in [-0.2, 0) is 9.53 Å². The molecule has 1 rings (SSSR count). The van der Waals surface area contributed by atoms with E-state index in [2.05, 4.69) is 10.1 Å². The number of nitrogens with one attached hydrogen (secondary N) is 1. The van der Waals surface area contributed by atoms with Crippen LogP contribution in [0.5, 0.6) is 0 Å². The summed E-state index contributed by atoms with van der Waals surface area (Å²) in [7, 11) is 1.29. The molecule has 3 nitrogen and oxygen atoms in total. The monoisotopic (exact) mass is 197 g/mol. The molecule has 0 aliphatic carbocycles. The molecule has 0 aromatic heterocycles. The molecule has 0 amide bonds. The van der Waals surface area contributed by atoms with Gasteiger partial charge in [-0.15, -0.1) is 0 Å². The minimum absolute atomic E-state index is 0.0295. The number of benzene rings is 1. The van der Waals surface area contributed by atoms with Crippen LogP contribution in [0.2, 0.25) is 0 Å². The van der Waals surface area contributed by atoms with E-state index in [0.717, 1.165) is 5.56 Å². The van der Waals surface area contributed by atoms with Gasteiger partial charge in [-0.25, -0.2) is 4.39 Å². The number of carbonyl (C=O) groups is 1. The Balaban J connectivity index is 2.71. The van der Waals surface area contributed by atoms with E-state index in [1.807, 2.05) is 0 Å². The molecule has 0 spiro atoms. The molecule has 0 bridgehead atoms. The van der Waals surface area contributed by atoms with Crippen LogP contribution < -0.4 is 5.32 Å². The van der Waals surface area contributed by atoms with Crippen molar-refractivity contribution in [3.8, 4) is 0 Å². The third-order valence-corrected chi connectivity index (χ3v) is 1.86. The first kappa shape index (κ1) is 10.5. The van der Waals surface area contributed by atoms with Crippen molar-refractivity contribution in [2.24, 2.45) is 0 Å². The van der Waals surface area contributed by atoms with Crippen LogP contribution in [0.15, 0.2) is 18.2 Å². The molecule has 4 heteroatoms. The van der Waals surface area contributed by atoms with Gasteiger partial charge in [-0.3, -0.25) is 4.79 Å². The molecule has 0 fully saturated rings. The van der Waals surface area contributed by atoms with Crippen LogP contribution in [0.1, 0.15) is 5.56 Å². The van der Waals surface area contributed by atoms with Gasteiger partial charge in [0, 0.05) is 0 Å². The summed E-state index contributed by atoms with van der Waals surface area (Å²) in [5.41, 5.74) is 1.10. The number of ether oxygens (including phenoxy) is 1. The summed E-state index contributed by atoms with van der Waals surface area (Å²) in [5, 5.41) is 2.68. The second kappa shape index (κ2) is 4.60. The normalized spacial score (nSPS) is 9.64. The second-order valence-corrected chi connectivity index (χ2v) is 2.86. The minimum Gasteiger partial charge on any atom is -0.468 e. The van der Waals surface area contributed by atoms with Crippen LogP contribution in [0.4, 0.5) is 10.1 Å². The number of hydrogen-bond acceptors (Lipinski definition) is 3. The number of para-hydroxylation sites is 1. The SMILES string of the molecule is COC(=O)CNc1c(C)cccc1F. The van der Waals surface area contributed by atoms with Gasteiger partial charge in [0.05, 0.1) is 12.8 Å². The molecule has 0 atom stereocenters. The molecule has 0 saturated heterocycles. The molecular weight excluding hydrogens is 185 g/mol. The number of halogens is 1. The maximum Gasteiger partial charge on any atom is 0.325 e. The van der Waals surface area contributed by atoms with Crippen molar-refractivity contribution in [3.63, 3.8) is 0 Å². The van der Waals surface area contributed by atoms with Crippen molar-refractivity contribution in [3.05, 3.63) is 29.6 Å². The maximum absolute atomic E-state index is 13.2. The van der Waals surface area contributed by atoms with Crippen LogP contribution in [0, 0.1) is 12.7 Å². The van der Waals surface area contributed by atoms with E-state index in [4.69, 9.17) is 0 Å². The van der Waals surface area contributed by atoms with E-state index in [1.54, 1.807) is 19.1 Å². The van der Waals surface area contributed by atoms with E-state index < -0.39 is 5.97 Å². The van der Waals surface area contributed by atoms with Crippen molar-refractivity contribution in [2.75, 3.05) is 19.0 Å². The summed E-state index contributed by atoms with van der Waals surface area (Å²) in [6.07, 6.45) is 0. The van der Waals surface area contributed by atoms with Crippen molar-refractivity contribution < 1.29 is 13.9 Å². The number of rotatable bonds is 3. The lowest BCUT2D eigenvalue weighted by atomic mass is 10.2. The summed E-state index contributed by atoms with van der Waals surface area (Å²) >= 11 is 0. The fourth-order valence-electron chi connectivity index (χ4n) is 1.09. The highest BCUT2D eigenvalue weighted by atomic mass is 19.1. The van der Waals surface area contributed by atoms with Gasteiger partial charge in [-0.2, -0.15) is 0 Å². The summed E-state index contributed by atoms with van der Waals surface area (Å²) in [4.78, 5) is 10.8. The molecule has 0 saturated carbocycles. The molecule has 0 radical (unpaired) electrons. The Kier molecular flexibility index (Phi) is 3.45. The quantitative estimate of drug-likeness (QED) is 0.750. The smallest absolute Gasteiger partial charge is 0.325 e. The van der Waals surface area contributed by atoms with Crippen LogP contribution >= 0.6 is 0 Å². The van der Waals surface area contributed by atoms with Crippen molar-refractivity contribution >= 4 is 11.7 Å². The number of anilines is 1. The Labute approximate surface area is 81.9 Å². The number of carbonyl (C=O) groups excluding carboxylic acids is 1. The fraction of sp³-hybridized carbons (Fsp3) is 0.300. The number of aryl methyl sites for hydroxylation is 1. The predicted octanol–water partition coefficient (Wildman–Crippen LogP) is 1.72. The fourth-order valence-corrected chi connectivity index (χ4v) is 1.09. The summed E-state index contributed by atoms with van der Waals surface area (Å²) in [6, 6.07) is 4.73. The molecule has 1 aromatic rings. The Hall–Kier alpha value is -1.58. The van der Waals surface area contributed by atoms with Gasteiger partial charge in [0.15, 0.2) is 0 Å². The van der Waals surface area contributed by atoms with Gasteiger partial charge in [-0.05, 0) is 18.6 Å². The highest BCUT2D eigenvalue weighted by Gasteiger charge is 2.06. The molecule has 0 aliphatic heterocycles. The molecule has 76 valence electrons. The van der Waals surface area contributed by atoms with E-state index in [9.17, 15) is 9.18 Å². The predicted molar refractivity (Wildman–Crippen MR) is 51.6 cm³/mol. The third kappa shape index (κ3) is 2.45. The lowest BCUT2D eigenvalue weighted by Gasteiger charge is -2.08. The highest BCUT2D eigenvalue weighted by Crippen LogP contribution is 2.17. The maximum atomic E-state index is 13.2. The van der Waals surface area contributed by atoms with Crippen molar-refractivity contribution in [1.82, 2.24) is 0 Å². The summed E-state index contributed by atoms with van der Waals surface area (Å²) in [6.45, 7) is 1.74. The minimum atomic E-state index is -0.423. The van der Waals surface area contributed by atoms with Gasteiger partial charge in [0.1, 0.15) is 12.4 Å². The zero-order chi connectivity index (χ0) is 10.6. The lowest BCUT2D eigenvalue weighted by molar-refractivity contribution is -0.138. The van der Waals surface area contributed by atoms with E-state index >= 15 is 0 Å². The van der Waals surface area contributed by atoms with E-state index in [0.29, 0.717) is 5.69 Å². The molecule has 1 aromatic carbocycles. The lowest BCUT2D eigenvalue weighted by Crippen LogP contribution is -2.16. The highest BCUT2D eigenvalue weighted by molar-refractivity contribution is 5.75. The first-order valence-electron chi connectivity index (χ1n) is 4.21. The third-order valence-electron chi connectivity index (χ3n) is 1.86. The van der Waals surface area contributed by atoms with E-state index in [1.165, 1.54) is 13.2 Å². The van der Waals surface area contributed by atoms with Gasteiger partial charge in [0.2, 0.25) is 0 Å². The molecule has 0 heterocycles. The Bertz CT molecular complexity index is 319. The topological polar surface area (TPSA) is 38.3 Å². The van der Waals surface area contributed by atoms with Crippen LogP contribution in [0.3, 0.4) is 0 Å². The molecule has 0 aliphatic rings. The molecule has 14 heavy (non-hydrogen) atoms. The molecular formula is C10H12FNO2. The van der Waals surface area contributed by atoms with Crippen molar-refractivity contribution in [2.45, 2.75) is 6.92 Å². The largest absolute Gasteiger partial charge is 0.468 e. The van der Waals surface area contributed by atoms with Crippen molar-refractivity contribution in [1.29, 1.82) is 0 Å². The summed E-state index contributed by atoms with van der Waals surface area (Å²) < 4.78 is 17.6. The van der Waals surface area contributed by atoms with Gasteiger partial charge in [0.25, 0.3) is 0 Å². The zero-order valence-corrected chi connectivity index (χ0v) is 8.13. The van der Waals surface area contributed by atoms with Gasteiger partial charge in [-0.1, -0.05) is 12.1 Å². The summed E-state index contributed by atoms with van der Waals surface area (Å²) in [5.74, 6) is -0.790. The first-order chi connectivity index (χ1) is 6.65. The van der Waals surface area contributed by atoms with Crippen LogP contribution in [0.25, 0.3) is 0 Å². The molecule has 1 N–H and O–H groups in total. The first-order valence-corrected chi connectivity index (χ1v) is 4.21. The van der Waals surface area contributed by atoms with Gasteiger partial charge >= 0.3 is 5.97 Å². The zero-order valence-electron chi connectivity index (χ0n) is 8.13. The average Bonchev–Trinajstić information content (AvgIpc) is 2.16. The Morgan fingerprint density at radius 1 is 1.57 bits per heavy atom.